The van der Waals surface area contributed by atoms with Gasteiger partial charge in [-0.1, -0.05) is 17.7 Å². The summed E-state index contributed by atoms with van der Waals surface area (Å²) in [5.74, 6) is -1.16. The SMILES string of the molecule is COCCNCCNC(=O)c1cccc(Cl)c1F. The van der Waals surface area contributed by atoms with E-state index in [0.717, 1.165) is 0 Å². The number of rotatable bonds is 7. The maximum absolute atomic E-state index is 13.5. The van der Waals surface area contributed by atoms with Gasteiger partial charge in [0.1, 0.15) is 0 Å². The lowest BCUT2D eigenvalue weighted by molar-refractivity contribution is 0.0949. The number of methoxy groups -OCH3 is 1. The summed E-state index contributed by atoms with van der Waals surface area (Å²) in [5, 5.41) is 5.61. The Hall–Kier alpha value is -1.17. The Morgan fingerprint density at radius 3 is 2.89 bits per heavy atom. The monoisotopic (exact) mass is 274 g/mol. The van der Waals surface area contributed by atoms with E-state index in [4.69, 9.17) is 16.3 Å². The van der Waals surface area contributed by atoms with Crippen LogP contribution < -0.4 is 10.6 Å². The quantitative estimate of drug-likeness (QED) is 0.740. The topological polar surface area (TPSA) is 50.4 Å². The molecule has 1 rings (SSSR count). The summed E-state index contributed by atoms with van der Waals surface area (Å²) in [7, 11) is 1.62. The van der Waals surface area contributed by atoms with Crippen molar-refractivity contribution in [3.05, 3.63) is 34.6 Å². The first kappa shape index (κ1) is 14.9. The van der Waals surface area contributed by atoms with Gasteiger partial charge < -0.3 is 15.4 Å². The van der Waals surface area contributed by atoms with E-state index in [-0.39, 0.29) is 10.6 Å². The van der Waals surface area contributed by atoms with E-state index in [1.54, 1.807) is 7.11 Å². The Labute approximate surface area is 110 Å². The highest BCUT2D eigenvalue weighted by Crippen LogP contribution is 2.17. The molecule has 0 aliphatic carbocycles. The number of hydrogen-bond donors (Lipinski definition) is 2. The normalized spacial score (nSPS) is 10.4. The fourth-order valence-electron chi connectivity index (χ4n) is 1.34. The number of hydrogen-bond acceptors (Lipinski definition) is 3. The molecule has 0 spiro atoms. The highest BCUT2D eigenvalue weighted by atomic mass is 35.5. The molecule has 2 N–H and O–H groups in total. The van der Waals surface area contributed by atoms with E-state index in [1.807, 2.05) is 0 Å². The van der Waals surface area contributed by atoms with Crippen molar-refractivity contribution >= 4 is 17.5 Å². The minimum Gasteiger partial charge on any atom is -0.383 e. The van der Waals surface area contributed by atoms with Crippen LogP contribution >= 0.6 is 11.6 Å². The molecule has 0 aliphatic heterocycles. The number of carbonyl (C=O) groups is 1. The molecule has 0 atom stereocenters. The third kappa shape index (κ3) is 4.60. The molecule has 1 amide bonds. The predicted octanol–water partition coefficient (Wildman–Crippen LogP) is 1.44. The molecular weight excluding hydrogens is 259 g/mol. The molecule has 0 saturated carbocycles. The van der Waals surface area contributed by atoms with Gasteiger partial charge >= 0.3 is 0 Å². The van der Waals surface area contributed by atoms with Gasteiger partial charge in [-0.2, -0.15) is 0 Å². The summed E-state index contributed by atoms with van der Waals surface area (Å²) < 4.78 is 18.4. The van der Waals surface area contributed by atoms with Crippen LogP contribution in [-0.4, -0.2) is 39.3 Å². The number of benzene rings is 1. The Morgan fingerprint density at radius 1 is 1.39 bits per heavy atom. The van der Waals surface area contributed by atoms with Gasteiger partial charge in [0.2, 0.25) is 0 Å². The van der Waals surface area contributed by atoms with Crippen molar-refractivity contribution < 1.29 is 13.9 Å². The number of carbonyl (C=O) groups excluding carboxylic acids is 1. The lowest BCUT2D eigenvalue weighted by Gasteiger charge is -2.07. The maximum Gasteiger partial charge on any atom is 0.254 e. The Balaban J connectivity index is 2.35. The number of nitrogens with one attached hydrogen (secondary N) is 2. The fourth-order valence-corrected chi connectivity index (χ4v) is 1.51. The first-order valence-electron chi connectivity index (χ1n) is 5.58. The Morgan fingerprint density at radius 2 is 2.17 bits per heavy atom. The van der Waals surface area contributed by atoms with Crippen molar-refractivity contribution in [1.82, 2.24) is 10.6 Å². The van der Waals surface area contributed by atoms with Crippen LogP contribution in [0.2, 0.25) is 5.02 Å². The van der Waals surface area contributed by atoms with Crippen molar-refractivity contribution in [2.75, 3.05) is 33.4 Å². The standard InChI is InChI=1S/C12H16ClFN2O2/c1-18-8-7-15-5-6-16-12(17)9-3-2-4-10(13)11(9)14/h2-4,15H,5-8H2,1H3,(H,16,17). The molecule has 0 unspecified atom stereocenters. The number of amides is 1. The molecule has 18 heavy (non-hydrogen) atoms. The summed E-state index contributed by atoms with van der Waals surface area (Å²) in [5.41, 5.74) is -0.0422. The third-order valence-corrected chi connectivity index (χ3v) is 2.56. The van der Waals surface area contributed by atoms with Gasteiger partial charge in [-0.15, -0.1) is 0 Å². The average Bonchev–Trinajstić information content (AvgIpc) is 2.36. The fraction of sp³-hybridized carbons (Fsp3) is 0.417. The smallest absolute Gasteiger partial charge is 0.254 e. The molecule has 0 radical (unpaired) electrons. The molecule has 0 fully saturated rings. The van der Waals surface area contributed by atoms with Crippen molar-refractivity contribution in [3.8, 4) is 0 Å². The molecule has 4 nitrogen and oxygen atoms in total. The van der Waals surface area contributed by atoms with Gasteiger partial charge in [-0.25, -0.2) is 4.39 Å². The van der Waals surface area contributed by atoms with Gasteiger partial charge in [0.25, 0.3) is 5.91 Å². The largest absolute Gasteiger partial charge is 0.383 e. The highest BCUT2D eigenvalue weighted by Gasteiger charge is 2.12. The van der Waals surface area contributed by atoms with Gasteiger partial charge in [-0.3, -0.25) is 4.79 Å². The first-order valence-corrected chi connectivity index (χ1v) is 5.96. The lowest BCUT2D eigenvalue weighted by Crippen LogP contribution is -2.33. The van der Waals surface area contributed by atoms with Crippen LogP contribution in [0.15, 0.2) is 18.2 Å². The van der Waals surface area contributed by atoms with Gasteiger partial charge in [-0.05, 0) is 12.1 Å². The molecule has 0 aliphatic rings. The van der Waals surface area contributed by atoms with E-state index in [0.29, 0.717) is 26.2 Å². The van der Waals surface area contributed by atoms with Crippen LogP contribution in [0.1, 0.15) is 10.4 Å². The summed E-state index contributed by atoms with van der Waals surface area (Å²) >= 11 is 5.60. The highest BCUT2D eigenvalue weighted by molar-refractivity contribution is 6.31. The Kier molecular flexibility index (Phi) is 6.64. The third-order valence-electron chi connectivity index (χ3n) is 2.27. The van der Waals surface area contributed by atoms with E-state index >= 15 is 0 Å². The zero-order valence-electron chi connectivity index (χ0n) is 10.1. The Bertz CT molecular complexity index is 402. The molecule has 100 valence electrons. The van der Waals surface area contributed by atoms with Crippen molar-refractivity contribution in [2.24, 2.45) is 0 Å². The van der Waals surface area contributed by atoms with Gasteiger partial charge in [0.05, 0.1) is 17.2 Å². The average molecular weight is 275 g/mol. The summed E-state index contributed by atoms with van der Waals surface area (Å²) in [4.78, 5) is 11.6. The van der Waals surface area contributed by atoms with E-state index < -0.39 is 11.7 Å². The number of ether oxygens (including phenoxy) is 1. The van der Waals surface area contributed by atoms with E-state index in [1.165, 1.54) is 18.2 Å². The second-order valence-electron chi connectivity index (χ2n) is 3.60. The zero-order valence-corrected chi connectivity index (χ0v) is 10.9. The van der Waals surface area contributed by atoms with E-state index in [2.05, 4.69) is 10.6 Å². The summed E-state index contributed by atoms with van der Waals surface area (Å²) in [6.45, 7) is 2.32. The lowest BCUT2D eigenvalue weighted by atomic mass is 10.2. The molecule has 6 heteroatoms. The second kappa shape index (κ2) is 8.02. The molecular formula is C12H16ClFN2O2. The summed E-state index contributed by atoms with van der Waals surface area (Å²) in [6.07, 6.45) is 0. The molecule has 0 saturated heterocycles. The molecule has 1 aromatic rings. The first-order chi connectivity index (χ1) is 8.66. The number of halogens is 2. The van der Waals surface area contributed by atoms with Crippen LogP contribution in [-0.2, 0) is 4.74 Å². The predicted molar refractivity (Wildman–Crippen MR) is 68.5 cm³/mol. The minimum atomic E-state index is -0.691. The second-order valence-corrected chi connectivity index (χ2v) is 4.01. The zero-order chi connectivity index (χ0) is 13.4. The van der Waals surface area contributed by atoms with Crippen LogP contribution in [0, 0.1) is 5.82 Å². The minimum absolute atomic E-state index is 0.0422. The van der Waals surface area contributed by atoms with Gasteiger partial charge in [0.15, 0.2) is 5.82 Å². The van der Waals surface area contributed by atoms with E-state index in [9.17, 15) is 9.18 Å². The van der Waals surface area contributed by atoms with Crippen LogP contribution in [0.4, 0.5) is 4.39 Å². The van der Waals surface area contributed by atoms with Crippen LogP contribution in [0.25, 0.3) is 0 Å². The van der Waals surface area contributed by atoms with Gasteiger partial charge in [0, 0.05) is 26.7 Å². The van der Waals surface area contributed by atoms with Crippen molar-refractivity contribution in [3.63, 3.8) is 0 Å². The molecule has 1 aromatic carbocycles. The maximum atomic E-state index is 13.5. The molecule has 0 aromatic heterocycles. The molecule has 0 heterocycles. The molecule has 0 bridgehead atoms. The van der Waals surface area contributed by atoms with Crippen molar-refractivity contribution in [2.45, 2.75) is 0 Å². The van der Waals surface area contributed by atoms with Crippen LogP contribution in [0.5, 0.6) is 0 Å². The van der Waals surface area contributed by atoms with Crippen molar-refractivity contribution in [1.29, 1.82) is 0 Å². The summed E-state index contributed by atoms with van der Waals surface area (Å²) in [6, 6.07) is 4.34. The van der Waals surface area contributed by atoms with Crippen LogP contribution in [0.3, 0.4) is 0 Å².